The van der Waals surface area contributed by atoms with Gasteiger partial charge in [-0.25, -0.2) is 0 Å². The normalized spacial score (nSPS) is 10.1. The maximum absolute atomic E-state index is 11.4. The molecule has 3 heteroatoms. The van der Waals surface area contributed by atoms with Crippen LogP contribution in [-0.4, -0.2) is 22.3 Å². The Morgan fingerprint density at radius 3 is 2.81 bits per heavy atom. The van der Waals surface area contributed by atoms with Gasteiger partial charge in [0.1, 0.15) is 0 Å². The highest BCUT2D eigenvalue weighted by atomic mass is 16.2. The number of rotatable bonds is 6. The van der Waals surface area contributed by atoms with Crippen molar-refractivity contribution in [3.63, 3.8) is 0 Å². The Hall–Kier alpha value is -1.38. The van der Waals surface area contributed by atoms with Gasteiger partial charge in [-0.05, 0) is 18.1 Å². The van der Waals surface area contributed by atoms with E-state index in [2.05, 4.69) is 11.9 Å². The number of aromatic nitrogens is 1. The van der Waals surface area contributed by atoms with Gasteiger partial charge in [-0.2, -0.15) is 0 Å². The van der Waals surface area contributed by atoms with Crippen molar-refractivity contribution >= 4 is 5.91 Å². The van der Waals surface area contributed by atoms with Crippen LogP contribution in [0.3, 0.4) is 0 Å². The van der Waals surface area contributed by atoms with Crippen molar-refractivity contribution in [2.45, 2.75) is 39.7 Å². The lowest BCUT2D eigenvalue weighted by Crippen LogP contribution is -2.29. The topological polar surface area (TPSA) is 33.2 Å². The van der Waals surface area contributed by atoms with Crippen LogP contribution in [0.1, 0.15) is 38.7 Å². The molecule has 0 unspecified atom stereocenters. The first-order chi connectivity index (χ1) is 7.74. The summed E-state index contributed by atoms with van der Waals surface area (Å²) in [7, 11) is 0. The molecule has 0 radical (unpaired) electrons. The van der Waals surface area contributed by atoms with Gasteiger partial charge in [0, 0.05) is 32.4 Å². The molecule has 0 aliphatic rings. The lowest BCUT2D eigenvalue weighted by atomic mass is 10.2. The number of unbranched alkanes of at least 4 members (excludes halogenated alkanes) is 2. The SMILES string of the molecule is CCCCCN(Cc1cccnc1)C(C)=O. The highest BCUT2D eigenvalue weighted by Crippen LogP contribution is 2.05. The smallest absolute Gasteiger partial charge is 0.219 e. The molecular weight excluding hydrogens is 200 g/mol. The first kappa shape index (κ1) is 12.7. The lowest BCUT2D eigenvalue weighted by Gasteiger charge is -2.20. The van der Waals surface area contributed by atoms with E-state index in [9.17, 15) is 4.79 Å². The average molecular weight is 220 g/mol. The van der Waals surface area contributed by atoms with Crippen LogP contribution in [0.5, 0.6) is 0 Å². The van der Waals surface area contributed by atoms with Gasteiger partial charge in [-0.1, -0.05) is 25.8 Å². The Kier molecular flexibility index (Phi) is 5.54. The molecule has 0 aliphatic heterocycles. The van der Waals surface area contributed by atoms with E-state index < -0.39 is 0 Å². The molecule has 0 bridgehead atoms. The second kappa shape index (κ2) is 6.99. The number of nitrogens with zero attached hydrogens (tertiary/aromatic N) is 2. The predicted molar refractivity (Wildman–Crippen MR) is 64.9 cm³/mol. The first-order valence-corrected chi connectivity index (χ1v) is 5.88. The minimum atomic E-state index is 0.139. The number of carbonyl (C=O) groups excluding carboxylic acids is 1. The Bertz CT molecular complexity index is 311. The zero-order chi connectivity index (χ0) is 11.8. The van der Waals surface area contributed by atoms with Crippen LogP contribution < -0.4 is 0 Å². The second-order valence-electron chi connectivity index (χ2n) is 4.01. The summed E-state index contributed by atoms with van der Waals surface area (Å²) in [5.41, 5.74) is 1.09. The highest BCUT2D eigenvalue weighted by Gasteiger charge is 2.08. The first-order valence-electron chi connectivity index (χ1n) is 5.88. The summed E-state index contributed by atoms with van der Waals surface area (Å²) in [4.78, 5) is 17.4. The maximum Gasteiger partial charge on any atom is 0.219 e. The molecule has 0 aliphatic carbocycles. The zero-order valence-electron chi connectivity index (χ0n) is 10.1. The van der Waals surface area contributed by atoms with Crippen molar-refractivity contribution in [1.82, 2.24) is 9.88 Å². The fourth-order valence-corrected chi connectivity index (χ4v) is 1.61. The van der Waals surface area contributed by atoms with Crippen LogP contribution in [0.4, 0.5) is 0 Å². The second-order valence-corrected chi connectivity index (χ2v) is 4.01. The Morgan fingerprint density at radius 1 is 1.44 bits per heavy atom. The van der Waals surface area contributed by atoms with Gasteiger partial charge in [0.2, 0.25) is 5.91 Å². The molecule has 1 aromatic heterocycles. The van der Waals surface area contributed by atoms with E-state index in [0.29, 0.717) is 6.54 Å². The summed E-state index contributed by atoms with van der Waals surface area (Å²) in [6.07, 6.45) is 7.00. The minimum Gasteiger partial charge on any atom is -0.339 e. The van der Waals surface area contributed by atoms with E-state index in [-0.39, 0.29) is 5.91 Å². The molecule has 88 valence electrons. The Labute approximate surface area is 97.5 Å². The third-order valence-electron chi connectivity index (χ3n) is 2.57. The third kappa shape index (κ3) is 4.43. The van der Waals surface area contributed by atoms with E-state index in [1.165, 1.54) is 12.8 Å². The van der Waals surface area contributed by atoms with Gasteiger partial charge in [0.15, 0.2) is 0 Å². The van der Waals surface area contributed by atoms with Crippen LogP contribution in [0.2, 0.25) is 0 Å². The van der Waals surface area contributed by atoms with Crippen LogP contribution in [0, 0.1) is 0 Å². The van der Waals surface area contributed by atoms with Crippen LogP contribution >= 0.6 is 0 Å². The molecule has 1 amide bonds. The number of carbonyl (C=O) groups is 1. The summed E-state index contributed by atoms with van der Waals surface area (Å²) in [6, 6.07) is 3.91. The monoisotopic (exact) mass is 220 g/mol. The fraction of sp³-hybridized carbons (Fsp3) is 0.538. The summed E-state index contributed by atoms with van der Waals surface area (Å²) in [5.74, 6) is 0.139. The molecular formula is C13H20N2O. The number of pyridine rings is 1. The predicted octanol–water partition coefficient (Wildman–Crippen LogP) is 2.62. The van der Waals surface area contributed by atoms with Gasteiger partial charge in [0.05, 0.1) is 0 Å². The Balaban J connectivity index is 2.48. The van der Waals surface area contributed by atoms with Crippen LogP contribution in [-0.2, 0) is 11.3 Å². The van der Waals surface area contributed by atoms with Gasteiger partial charge >= 0.3 is 0 Å². The van der Waals surface area contributed by atoms with E-state index in [4.69, 9.17) is 0 Å². The van der Waals surface area contributed by atoms with E-state index in [0.717, 1.165) is 18.5 Å². The minimum absolute atomic E-state index is 0.139. The van der Waals surface area contributed by atoms with Crippen molar-refractivity contribution in [1.29, 1.82) is 0 Å². The molecule has 16 heavy (non-hydrogen) atoms. The highest BCUT2D eigenvalue weighted by molar-refractivity contribution is 5.73. The van der Waals surface area contributed by atoms with Gasteiger partial charge in [-0.15, -0.1) is 0 Å². The molecule has 3 nitrogen and oxygen atoms in total. The third-order valence-corrected chi connectivity index (χ3v) is 2.57. The van der Waals surface area contributed by atoms with Crippen LogP contribution in [0.25, 0.3) is 0 Å². The zero-order valence-corrected chi connectivity index (χ0v) is 10.1. The molecule has 1 aromatic rings. The van der Waals surface area contributed by atoms with E-state index >= 15 is 0 Å². The number of hydrogen-bond donors (Lipinski definition) is 0. The number of amides is 1. The Morgan fingerprint density at radius 2 is 2.25 bits per heavy atom. The molecule has 0 spiro atoms. The molecule has 0 saturated heterocycles. The maximum atomic E-state index is 11.4. The van der Waals surface area contributed by atoms with Crippen molar-refractivity contribution in [3.05, 3.63) is 30.1 Å². The molecule has 0 aromatic carbocycles. The van der Waals surface area contributed by atoms with Crippen molar-refractivity contribution in [3.8, 4) is 0 Å². The number of hydrogen-bond acceptors (Lipinski definition) is 2. The van der Waals surface area contributed by atoms with Crippen molar-refractivity contribution < 1.29 is 4.79 Å². The molecule has 0 fully saturated rings. The quantitative estimate of drug-likeness (QED) is 0.690. The summed E-state index contributed by atoms with van der Waals surface area (Å²) in [6.45, 7) is 5.31. The van der Waals surface area contributed by atoms with Crippen molar-refractivity contribution in [2.75, 3.05) is 6.54 Å². The van der Waals surface area contributed by atoms with Gasteiger partial charge in [0.25, 0.3) is 0 Å². The molecule has 1 heterocycles. The van der Waals surface area contributed by atoms with Gasteiger partial charge < -0.3 is 4.90 Å². The van der Waals surface area contributed by atoms with E-state index in [1.807, 2.05) is 23.2 Å². The van der Waals surface area contributed by atoms with E-state index in [1.54, 1.807) is 13.1 Å². The molecule has 0 saturated carbocycles. The summed E-state index contributed by atoms with van der Waals surface area (Å²) >= 11 is 0. The molecule has 0 atom stereocenters. The fourth-order valence-electron chi connectivity index (χ4n) is 1.61. The largest absolute Gasteiger partial charge is 0.339 e. The van der Waals surface area contributed by atoms with Crippen LogP contribution in [0.15, 0.2) is 24.5 Å². The lowest BCUT2D eigenvalue weighted by molar-refractivity contribution is -0.129. The summed E-state index contributed by atoms with van der Waals surface area (Å²) in [5, 5.41) is 0. The molecule has 0 N–H and O–H groups in total. The van der Waals surface area contributed by atoms with Crippen molar-refractivity contribution in [2.24, 2.45) is 0 Å². The van der Waals surface area contributed by atoms with Gasteiger partial charge in [-0.3, -0.25) is 9.78 Å². The molecule has 1 rings (SSSR count). The average Bonchev–Trinajstić information content (AvgIpc) is 2.29. The summed E-state index contributed by atoms with van der Waals surface area (Å²) < 4.78 is 0. The standard InChI is InChI=1S/C13H20N2O/c1-3-4-5-9-15(12(2)16)11-13-7-6-8-14-10-13/h6-8,10H,3-5,9,11H2,1-2H3.